The molecule has 0 atom stereocenters. The van der Waals surface area contributed by atoms with E-state index in [9.17, 15) is 10.1 Å². The molecule has 0 heterocycles. The first-order valence-electron chi connectivity index (χ1n) is 7.64. The van der Waals surface area contributed by atoms with Gasteiger partial charge in [0.15, 0.2) is 0 Å². The monoisotopic (exact) mass is 332 g/mol. The standard InChI is InChI=1S/C19H16N4O2/c20-19(21-15-7-3-1-4-8-15)22(16-9-5-2-6-10-16)17-11-13-18(14-12-17)23(24)25/h1-14H,(H2,20,21). The van der Waals surface area contributed by atoms with Crippen LogP contribution in [0.15, 0.2) is 89.9 Å². The molecule has 0 radical (unpaired) electrons. The van der Waals surface area contributed by atoms with Gasteiger partial charge in [-0.1, -0.05) is 36.4 Å². The first-order valence-corrected chi connectivity index (χ1v) is 7.64. The maximum Gasteiger partial charge on any atom is 0.269 e. The van der Waals surface area contributed by atoms with Gasteiger partial charge in [-0.05, 0) is 36.4 Å². The molecule has 0 saturated heterocycles. The number of nitro groups is 1. The third-order valence-electron chi connectivity index (χ3n) is 3.56. The van der Waals surface area contributed by atoms with Crippen LogP contribution < -0.4 is 10.6 Å². The van der Waals surface area contributed by atoms with E-state index in [1.807, 2.05) is 60.7 Å². The highest BCUT2D eigenvalue weighted by atomic mass is 16.6. The highest BCUT2D eigenvalue weighted by molar-refractivity contribution is 6.02. The summed E-state index contributed by atoms with van der Waals surface area (Å²) >= 11 is 0. The Labute approximate surface area is 145 Å². The van der Waals surface area contributed by atoms with Crippen molar-refractivity contribution in [3.05, 3.63) is 95.0 Å². The van der Waals surface area contributed by atoms with E-state index in [0.29, 0.717) is 5.69 Å². The van der Waals surface area contributed by atoms with Gasteiger partial charge in [0.2, 0.25) is 5.96 Å². The van der Waals surface area contributed by atoms with Crippen LogP contribution in [0.25, 0.3) is 0 Å². The molecule has 0 fully saturated rings. The van der Waals surface area contributed by atoms with Crippen molar-refractivity contribution in [3.8, 4) is 0 Å². The van der Waals surface area contributed by atoms with Gasteiger partial charge in [-0.3, -0.25) is 15.0 Å². The number of para-hydroxylation sites is 2. The van der Waals surface area contributed by atoms with E-state index < -0.39 is 4.92 Å². The van der Waals surface area contributed by atoms with Crippen LogP contribution in [0, 0.1) is 10.1 Å². The maximum atomic E-state index is 10.9. The van der Waals surface area contributed by atoms with E-state index >= 15 is 0 Å². The van der Waals surface area contributed by atoms with Crippen LogP contribution in [0.5, 0.6) is 0 Å². The fourth-order valence-electron chi connectivity index (χ4n) is 2.40. The second-order valence-electron chi connectivity index (χ2n) is 5.25. The van der Waals surface area contributed by atoms with Crippen LogP contribution in [-0.2, 0) is 0 Å². The third kappa shape index (κ3) is 3.81. The van der Waals surface area contributed by atoms with Gasteiger partial charge >= 0.3 is 0 Å². The summed E-state index contributed by atoms with van der Waals surface area (Å²) in [5.74, 6) is 0.270. The molecule has 0 aromatic heterocycles. The summed E-state index contributed by atoms with van der Waals surface area (Å²) in [5.41, 5.74) is 8.50. The van der Waals surface area contributed by atoms with Crippen molar-refractivity contribution in [3.63, 3.8) is 0 Å². The lowest BCUT2D eigenvalue weighted by molar-refractivity contribution is -0.384. The number of hydrogen-bond donors (Lipinski definition) is 1. The van der Waals surface area contributed by atoms with Gasteiger partial charge in [-0.2, -0.15) is 0 Å². The highest BCUT2D eigenvalue weighted by Gasteiger charge is 2.15. The predicted octanol–water partition coefficient (Wildman–Crippen LogP) is 4.38. The molecule has 6 heteroatoms. The summed E-state index contributed by atoms with van der Waals surface area (Å²) in [6.45, 7) is 0. The first-order chi connectivity index (χ1) is 12.1. The van der Waals surface area contributed by atoms with Crippen molar-refractivity contribution < 1.29 is 4.92 Å². The molecule has 6 nitrogen and oxygen atoms in total. The van der Waals surface area contributed by atoms with E-state index in [0.717, 1.165) is 11.4 Å². The summed E-state index contributed by atoms with van der Waals surface area (Å²) < 4.78 is 0. The molecule has 0 aliphatic carbocycles. The first kappa shape index (κ1) is 16.2. The smallest absolute Gasteiger partial charge is 0.269 e. The predicted molar refractivity (Wildman–Crippen MR) is 99.4 cm³/mol. The van der Waals surface area contributed by atoms with E-state index in [-0.39, 0.29) is 11.6 Å². The molecule has 0 bridgehead atoms. The fraction of sp³-hybridized carbons (Fsp3) is 0. The van der Waals surface area contributed by atoms with Gasteiger partial charge in [0.25, 0.3) is 5.69 Å². The molecule has 0 amide bonds. The number of nitrogens with zero attached hydrogens (tertiary/aromatic N) is 3. The molecule has 124 valence electrons. The Kier molecular flexibility index (Phi) is 4.71. The molecule has 3 aromatic rings. The van der Waals surface area contributed by atoms with E-state index in [1.54, 1.807) is 17.0 Å². The zero-order valence-electron chi connectivity index (χ0n) is 13.3. The highest BCUT2D eigenvalue weighted by Crippen LogP contribution is 2.27. The van der Waals surface area contributed by atoms with Crippen molar-refractivity contribution in [1.82, 2.24) is 0 Å². The van der Waals surface area contributed by atoms with Crippen LogP contribution in [0.1, 0.15) is 0 Å². The lowest BCUT2D eigenvalue weighted by atomic mass is 10.2. The average Bonchev–Trinajstić information content (AvgIpc) is 2.64. The topological polar surface area (TPSA) is 84.8 Å². The minimum absolute atomic E-state index is 0.0235. The zero-order valence-corrected chi connectivity index (χ0v) is 13.3. The van der Waals surface area contributed by atoms with E-state index in [2.05, 4.69) is 4.99 Å². The Hall–Kier alpha value is -3.67. The molecule has 0 unspecified atom stereocenters. The Bertz CT molecular complexity index is 878. The Balaban J connectivity index is 2.04. The molecular weight excluding hydrogens is 316 g/mol. The molecule has 25 heavy (non-hydrogen) atoms. The van der Waals surface area contributed by atoms with Gasteiger partial charge in [-0.15, -0.1) is 0 Å². The lowest BCUT2D eigenvalue weighted by Gasteiger charge is -2.23. The average molecular weight is 332 g/mol. The van der Waals surface area contributed by atoms with Crippen LogP contribution in [0.3, 0.4) is 0 Å². The molecule has 2 N–H and O–H groups in total. The number of benzene rings is 3. The summed E-state index contributed by atoms with van der Waals surface area (Å²) in [6.07, 6.45) is 0. The minimum Gasteiger partial charge on any atom is -0.369 e. The number of guanidine groups is 1. The number of rotatable bonds is 4. The van der Waals surface area contributed by atoms with Gasteiger partial charge in [-0.25, -0.2) is 4.99 Å². The van der Waals surface area contributed by atoms with Gasteiger partial charge in [0, 0.05) is 23.5 Å². The van der Waals surface area contributed by atoms with E-state index in [4.69, 9.17) is 5.73 Å². The molecule has 3 rings (SSSR count). The molecule has 0 spiro atoms. The van der Waals surface area contributed by atoms with Crippen LogP contribution in [0.2, 0.25) is 0 Å². The Morgan fingerprint density at radius 2 is 1.36 bits per heavy atom. The number of non-ortho nitro benzene ring substituents is 1. The minimum atomic E-state index is -0.432. The van der Waals surface area contributed by atoms with Gasteiger partial charge in [0.05, 0.1) is 10.6 Å². The molecule has 0 aliphatic rings. The SMILES string of the molecule is NC(=Nc1ccccc1)N(c1ccccc1)c1ccc([N+](=O)[O-])cc1. The third-order valence-corrected chi connectivity index (χ3v) is 3.56. The second kappa shape index (κ2) is 7.27. The van der Waals surface area contributed by atoms with Gasteiger partial charge in [0.1, 0.15) is 0 Å². The molecular formula is C19H16N4O2. The van der Waals surface area contributed by atoms with Crippen molar-refractivity contribution in [2.24, 2.45) is 10.7 Å². The molecule has 3 aromatic carbocycles. The number of aliphatic imine (C=N–C) groups is 1. The van der Waals surface area contributed by atoms with Crippen LogP contribution in [0.4, 0.5) is 22.7 Å². The number of anilines is 2. The number of nitro benzene ring substituents is 1. The van der Waals surface area contributed by atoms with Crippen LogP contribution in [-0.4, -0.2) is 10.9 Å². The van der Waals surface area contributed by atoms with Gasteiger partial charge < -0.3 is 5.73 Å². The van der Waals surface area contributed by atoms with Crippen LogP contribution >= 0.6 is 0 Å². The lowest BCUT2D eigenvalue weighted by Crippen LogP contribution is -2.33. The van der Waals surface area contributed by atoms with Crippen molar-refractivity contribution in [2.45, 2.75) is 0 Å². The largest absolute Gasteiger partial charge is 0.369 e. The summed E-state index contributed by atoms with van der Waals surface area (Å²) in [7, 11) is 0. The second-order valence-corrected chi connectivity index (χ2v) is 5.25. The quantitative estimate of drug-likeness (QED) is 0.332. The van der Waals surface area contributed by atoms with Crippen molar-refractivity contribution in [2.75, 3.05) is 4.90 Å². The normalized spacial score (nSPS) is 11.1. The molecule has 0 saturated carbocycles. The summed E-state index contributed by atoms with van der Waals surface area (Å²) in [4.78, 5) is 16.6. The Morgan fingerprint density at radius 3 is 1.92 bits per heavy atom. The van der Waals surface area contributed by atoms with E-state index in [1.165, 1.54) is 12.1 Å². The Morgan fingerprint density at radius 1 is 0.840 bits per heavy atom. The van der Waals surface area contributed by atoms with Crippen molar-refractivity contribution in [1.29, 1.82) is 0 Å². The number of hydrogen-bond acceptors (Lipinski definition) is 3. The maximum absolute atomic E-state index is 10.9. The summed E-state index contributed by atoms with van der Waals surface area (Å²) in [6, 6.07) is 25.0. The summed E-state index contributed by atoms with van der Waals surface area (Å²) in [5, 5.41) is 10.9. The fourth-order valence-corrected chi connectivity index (χ4v) is 2.40. The zero-order chi connectivity index (χ0) is 17.6. The molecule has 0 aliphatic heterocycles. The number of nitrogens with two attached hydrogens (primary N) is 1. The van der Waals surface area contributed by atoms with Crippen molar-refractivity contribution >= 4 is 28.7 Å².